The van der Waals surface area contributed by atoms with Crippen LogP contribution in [0.25, 0.3) is 0 Å². The van der Waals surface area contributed by atoms with E-state index in [9.17, 15) is 10.1 Å². The van der Waals surface area contributed by atoms with Gasteiger partial charge in [0.2, 0.25) is 5.91 Å². The number of para-hydroxylation sites is 1. The maximum absolute atomic E-state index is 15.9. The van der Waals surface area contributed by atoms with E-state index in [0.29, 0.717) is 51.5 Å². The quantitative estimate of drug-likeness (QED) is 0.508. The fraction of sp³-hybridized carbons (Fsp3) is 0.677. The summed E-state index contributed by atoms with van der Waals surface area (Å²) in [6, 6.07) is 10.2. The van der Waals surface area contributed by atoms with Gasteiger partial charge >= 0.3 is 0 Å². The van der Waals surface area contributed by atoms with E-state index in [1.54, 1.807) is 4.90 Å². The number of halogens is 1. The molecule has 0 bridgehead atoms. The van der Waals surface area contributed by atoms with Gasteiger partial charge in [-0.05, 0) is 57.0 Å². The molecule has 0 radical (unpaired) electrons. The molecule has 9 nitrogen and oxygen atoms in total. The molecule has 222 valence electrons. The number of piperazine rings is 1. The minimum Gasteiger partial charge on any atom is -0.484 e. The van der Waals surface area contributed by atoms with Crippen molar-refractivity contribution in [1.29, 1.82) is 5.26 Å². The lowest BCUT2D eigenvalue weighted by Gasteiger charge is -2.56. The zero-order valence-corrected chi connectivity index (χ0v) is 24.0. The van der Waals surface area contributed by atoms with Gasteiger partial charge in [-0.15, -0.1) is 0 Å². The van der Waals surface area contributed by atoms with Gasteiger partial charge in [0.25, 0.3) is 0 Å². The number of carbonyl (C=O) groups is 1. The molecule has 2 N–H and O–H groups in total. The van der Waals surface area contributed by atoms with Crippen molar-refractivity contribution < 1.29 is 18.7 Å². The molecule has 10 heteroatoms. The molecule has 1 aliphatic carbocycles. The number of benzene rings is 1. The zero-order valence-electron chi connectivity index (χ0n) is 24.0. The fourth-order valence-corrected chi connectivity index (χ4v) is 7.82. The van der Waals surface area contributed by atoms with Gasteiger partial charge in [0.05, 0.1) is 31.3 Å². The van der Waals surface area contributed by atoms with Gasteiger partial charge in [-0.3, -0.25) is 20.3 Å². The van der Waals surface area contributed by atoms with Crippen LogP contribution in [0.2, 0.25) is 0 Å². The molecule has 1 aromatic carbocycles. The van der Waals surface area contributed by atoms with Crippen molar-refractivity contribution in [1.82, 2.24) is 25.3 Å². The number of amides is 1. The Morgan fingerprint density at radius 1 is 1.27 bits per heavy atom. The lowest BCUT2D eigenvalue weighted by molar-refractivity contribution is -0.145. The predicted molar refractivity (Wildman–Crippen MR) is 152 cm³/mol. The number of likely N-dealkylation sites (N-methyl/N-ethyl adjacent to an activating group) is 1. The molecule has 1 saturated carbocycles. The number of likely N-dealkylation sites (tertiary alicyclic amines) is 1. The summed E-state index contributed by atoms with van der Waals surface area (Å²) in [5.41, 5.74) is 0.0697. The number of carbonyl (C=O) groups excluding carboxylic acids is 1. The Labute approximate surface area is 242 Å². The first-order valence-corrected chi connectivity index (χ1v) is 15.2. The van der Waals surface area contributed by atoms with E-state index in [4.69, 9.17) is 9.47 Å². The molecule has 1 amide bonds. The molecule has 6 rings (SSSR count). The lowest BCUT2D eigenvalue weighted by Crippen LogP contribution is -2.74. The second-order valence-corrected chi connectivity index (χ2v) is 12.5. The first kappa shape index (κ1) is 28.6. The van der Waals surface area contributed by atoms with E-state index < -0.39 is 11.8 Å². The second-order valence-electron chi connectivity index (χ2n) is 12.5. The topological polar surface area (TPSA) is 93.1 Å². The predicted octanol–water partition coefficient (Wildman–Crippen LogP) is 2.39. The Morgan fingerprint density at radius 2 is 2.12 bits per heavy atom. The van der Waals surface area contributed by atoms with Crippen molar-refractivity contribution in [3.05, 3.63) is 42.5 Å². The molecule has 1 aromatic rings. The molecule has 7 unspecified atom stereocenters. The maximum Gasteiger partial charge on any atom is 0.246 e. The standard InChI is InChI=1S/C31H43FN6O3/c1-3-28(39)38-16-15-37(19-22(38)11-13-33)29-24-10-12-31(27(32)17-21-7-4-5-9-26(21)41-31)18-25(24)34-30(35-29)40-20-23-8-6-14-36(23)2/h3-5,7,9,22-25,27,29-30,34-35H,1,6,8,10-12,14-20H2,2H3/t22?,23?,24?,25?,27?,29?,30?,31-/m1/s1. The fourth-order valence-electron chi connectivity index (χ4n) is 7.82. The van der Waals surface area contributed by atoms with E-state index in [0.717, 1.165) is 30.7 Å². The van der Waals surface area contributed by atoms with Crippen LogP contribution in [0, 0.1) is 17.2 Å². The Kier molecular flexibility index (Phi) is 8.35. The van der Waals surface area contributed by atoms with Crippen LogP contribution in [0.5, 0.6) is 5.75 Å². The lowest BCUT2D eigenvalue weighted by atomic mass is 9.69. The number of hydrogen-bond acceptors (Lipinski definition) is 8. The van der Waals surface area contributed by atoms with Gasteiger partial charge in [-0.2, -0.15) is 5.26 Å². The Balaban J connectivity index is 1.22. The normalized spacial score (nSPS) is 37.6. The van der Waals surface area contributed by atoms with Crippen molar-refractivity contribution in [2.75, 3.05) is 39.8 Å². The number of ether oxygens (including phenoxy) is 2. The third-order valence-electron chi connectivity index (χ3n) is 10.2. The molecular formula is C31H43FN6O3. The SMILES string of the molecule is C=CC(=O)N1CCN(C2NC(OCC3CCCN3C)NC3C[C@@]4(CCC32)Oc2ccccc2CC4F)CC1CC#N. The highest BCUT2D eigenvalue weighted by molar-refractivity contribution is 5.87. The molecule has 1 spiro atoms. The summed E-state index contributed by atoms with van der Waals surface area (Å²) in [4.78, 5) is 19.0. The van der Waals surface area contributed by atoms with Crippen LogP contribution in [-0.2, 0) is 16.0 Å². The minimum atomic E-state index is -1.08. The van der Waals surface area contributed by atoms with Crippen LogP contribution >= 0.6 is 0 Å². The molecule has 4 fully saturated rings. The molecule has 0 aromatic heterocycles. The van der Waals surface area contributed by atoms with E-state index in [1.165, 1.54) is 12.5 Å². The van der Waals surface area contributed by atoms with Crippen molar-refractivity contribution in [2.24, 2.45) is 5.92 Å². The number of nitrogens with zero attached hydrogens (tertiary/aromatic N) is 4. The summed E-state index contributed by atoms with van der Waals surface area (Å²) in [7, 11) is 2.14. The Bertz CT molecular complexity index is 1160. The highest BCUT2D eigenvalue weighted by Crippen LogP contribution is 2.46. The average molecular weight is 567 g/mol. The van der Waals surface area contributed by atoms with Crippen LogP contribution in [0.4, 0.5) is 4.39 Å². The van der Waals surface area contributed by atoms with Crippen LogP contribution in [0.3, 0.4) is 0 Å². The molecule has 4 aliphatic heterocycles. The first-order chi connectivity index (χ1) is 19.9. The van der Waals surface area contributed by atoms with Crippen molar-refractivity contribution in [2.45, 2.75) is 87.4 Å². The van der Waals surface area contributed by atoms with Gasteiger partial charge in [0, 0.05) is 50.5 Å². The highest BCUT2D eigenvalue weighted by atomic mass is 19.1. The third-order valence-corrected chi connectivity index (χ3v) is 10.2. The molecular weight excluding hydrogens is 523 g/mol. The van der Waals surface area contributed by atoms with E-state index >= 15 is 4.39 Å². The Hall–Kier alpha value is -2.55. The van der Waals surface area contributed by atoms with Crippen LogP contribution < -0.4 is 15.4 Å². The first-order valence-electron chi connectivity index (χ1n) is 15.2. The van der Waals surface area contributed by atoms with Crippen molar-refractivity contribution in [3.63, 3.8) is 0 Å². The maximum atomic E-state index is 15.9. The van der Waals surface area contributed by atoms with E-state index in [1.807, 2.05) is 24.3 Å². The smallest absolute Gasteiger partial charge is 0.246 e. The van der Waals surface area contributed by atoms with Crippen LogP contribution in [-0.4, -0.2) is 103 Å². The van der Waals surface area contributed by atoms with E-state index in [-0.39, 0.29) is 42.8 Å². The average Bonchev–Trinajstić information content (AvgIpc) is 3.40. The number of hydrogen-bond donors (Lipinski definition) is 2. The Morgan fingerprint density at radius 3 is 2.90 bits per heavy atom. The van der Waals surface area contributed by atoms with Gasteiger partial charge < -0.3 is 19.3 Å². The molecule has 41 heavy (non-hydrogen) atoms. The second kappa shape index (κ2) is 12.0. The largest absolute Gasteiger partial charge is 0.484 e. The molecule has 5 aliphatic rings. The summed E-state index contributed by atoms with van der Waals surface area (Å²) in [6.45, 7) is 7.16. The summed E-state index contributed by atoms with van der Waals surface area (Å²) in [5, 5.41) is 16.9. The summed E-state index contributed by atoms with van der Waals surface area (Å²) < 4.78 is 28.9. The minimum absolute atomic E-state index is 0.00734. The molecule has 8 atom stereocenters. The van der Waals surface area contributed by atoms with Gasteiger partial charge in [-0.1, -0.05) is 24.8 Å². The number of alkyl halides is 1. The summed E-state index contributed by atoms with van der Waals surface area (Å²) in [6.07, 6.45) is 4.77. The van der Waals surface area contributed by atoms with Crippen molar-refractivity contribution in [3.8, 4) is 11.8 Å². The monoisotopic (exact) mass is 566 g/mol. The van der Waals surface area contributed by atoms with Crippen LogP contribution in [0.15, 0.2) is 36.9 Å². The number of nitriles is 1. The van der Waals surface area contributed by atoms with Gasteiger partial charge in [0.15, 0.2) is 6.35 Å². The van der Waals surface area contributed by atoms with Gasteiger partial charge in [0.1, 0.15) is 17.5 Å². The third kappa shape index (κ3) is 5.63. The summed E-state index contributed by atoms with van der Waals surface area (Å²) in [5.74, 6) is 0.864. The molecule has 3 saturated heterocycles. The number of fused-ring (bicyclic) bond motifs is 2. The highest BCUT2D eigenvalue weighted by Gasteiger charge is 2.55. The van der Waals surface area contributed by atoms with E-state index in [2.05, 4.69) is 40.1 Å². The zero-order chi connectivity index (χ0) is 28.6. The number of rotatable bonds is 6. The van der Waals surface area contributed by atoms with Gasteiger partial charge in [-0.25, -0.2) is 4.39 Å². The van der Waals surface area contributed by atoms with Crippen molar-refractivity contribution >= 4 is 5.91 Å². The number of nitrogens with one attached hydrogen (secondary N) is 2. The molecule has 4 heterocycles. The van der Waals surface area contributed by atoms with Crippen LogP contribution in [0.1, 0.15) is 44.1 Å². The summed E-state index contributed by atoms with van der Waals surface area (Å²) >= 11 is 0.